The van der Waals surface area contributed by atoms with E-state index in [0.717, 1.165) is 38.5 Å². The van der Waals surface area contributed by atoms with Gasteiger partial charge in [0.1, 0.15) is 13.2 Å². The van der Waals surface area contributed by atoms with E-state index in [-0.39, 0.29) is 19.1 Å². The number of amides is 1. The van der Waals surface area contributed by atoms with E-state index in [1.165, 1.54) is 154 Å². The summed E-state index contributed by atoms with van der Waals surface area (Å²) in [5.41, 5.74) is 0. The molecule has 1 unspecified atom stereocenters. The number of nitrogens with one attached hydrogen (secondary N) is 1. The fourth-order valence-electron chi connectivity index (χ4n) is 6.63. The summed E-state index contributed by atoms with van der Waals surface area (Å²) in [6.07, 6.45) is 41.5. The molecule has 1 amide bonds. The molecule has 0 bridgehead atoms. The second kappa shape index (κ2) is 36.9. The van der Waals surface area contributed by atoms with Gasteiger partial charge in [-0.05, 0) is 19.3 Å². The van der Waals surface area contributed by atoms with Crippen molar-refractivity contribution in [2.45, 2.75) is 225 Å². The van der Waals surface area contributed by atoms with E-state index >= 15 is 0 Å². The zero-order valence-electron chi connectivity index (χ0n) is 35.8. The highest BCUT2D eigenvalue weighted by atomic mass is 31.2. The monoisotopic (exact) mass is 774 g/mol. The Morgan fingerprint density at radius 2 is 1.00 bits per heavy atom. The van der Waals surface area contributed by atoms with Crippen LogP contribution in [0.15, 0.2) is 12.2 Å². The van der Waals surface area contributed by atoms with Crippen LogP contribution in [0.25, 0.3) is 0 Å². The number of aliphatic hydroxyl groups excluding tert-OH is 1. The first kappa shape index (κ1) is 52.2. The minimum absolute atomic E-state index is 0.0642. The van der Waals surface area contributed by atoms with Crippen molar-refractivity contribution in [3.8, 4) is 0 Å². The number of unbranched alkanes of at least 4 members (excludes halogenated alkanes) is 28. The lowest BCUT2D eigenvalue weighted by Crippen LogP contribution is -2.45. The van der Waals surface area contributed by atoms with E-state index in [1.807, 2.05) is 27.2 Å². The summed E-state index contributed by atoms with van der Waals surface area (Å²) in [5.74, 6) is -0.176. The average molecular weight is 774 g/mol. The van der Waals surface area contributed by atoms with Crippen LogP contribution in [0.1, 0.15) is 213 Å². The van der Waals surface area contributed by atoms with Gasteiger partial charge in [-0.3, -0.25) is 13.8 Å². The minimum Gasteiger partial charge on any atom is -0.387 e. The summed E-state index contributed by atoms with van der Waals surface area (Å²) in [5, 5.41) is 13.8. The molecule has 53 heavy (non-hydrogen) atoms. The number of aliphatic hydroxyl groups is 1. The molecule has 3 N–H and O–H groups in total. The maximum Gasteiger partial charge on any atom is 0.472 e. The standard InChI is InChI=1S/C44H89N2O6P/c1-6-8-10-12-14-16-17-18-19-20-21-22-23-24-25-26-27-28-30-32-34-36-38-44(48)45-42(41-52-53(49,50)51-40-39-46(3,4)5)43(47)37-35-33-31-29-15-13-11-9-7-2/h35,37,42-43,47H,6-34,36,38-41H2,1-5H3,(H-,45,48,49,50)/p+1/b37-35+/t42-,43+/m0/s1. The van der Waals surface area contributed by atoms with Crippen LogP contribution in [0.5, 0.6) is 0 Å². The van der Waals surface area contributed by atoms with Gasteiger partial charge in [0.15, 0.2) is 0 Å². The van der Waals surface area contributed by atoms with Crippen molar-refractivity contribution in [1.82, 2.24) is 5.32 Å². The molecule has 8 nitrogen and oxygen atoms in total. The highest BCUT2D eigenvalue weighted by Crippen LogP contribution is 2.43. The number of likely N-dealkylation sites (N-methyl/N-ethyl adjacent to an activating group) is 1. The first-order valence-electron chi connectivity index (χ1n) is 22.6. The van der Waals surface area contributed by atoms with Crippen LogP contribution in [0.2, 0.25) is 0 Å². The van der Waals surface area contributed by atoms with Gasteiger partial charge < -0.3 is 19.8 Å². The Balaban J connectivity index is 4.18. The Hall–Kier alpha value is -0.760. The molecule has 0 aromatic heterocycles. The van der Waals surface area contributed by atoms with Crippen molar-refractivity contribution in [3.63, 3.8) is 0 Å². The Kier molecular flexibility index (Phi) is 36.3. The summed E-state index contributed by atoms with van der Waals surface area (Å²) in [6.45, 7) is 4.80. The van der Waals surface area contributed by atoms with Gasteiger partial charge in [-0.1, -0.05) is 199 Å². The molecular weight excluding hydrogens is 683 g/mol. The second-order valence-electron chi connectivity index (χ2n) is 16.8. The Morgan fingerprint density at radius 3 is 1.40 bits per heavy atom. The molecule has 0 aliphatic carbocycles. The minimum atomic E-state index is -4.32. The maximum atomic E-state index is 12.8. The van der Waals surface area contributed by atoms with Gasteiger partial charge in [0.2, 0.25) is 5.91 Å². The van der Waals surface area contributed by atoms with E-state index in [9.17, 15) is 19.4 Å². The Labute approximate surface area is 329 Å². The van der Waals surface area contributed by atoms with Gasteiger partial charge >= 0.3 is 7.82 Å². The van der Waals surface area contributed by atoms with Crippen LogP contribution in [-0.4, -0.2) is 73.4 Å². The van der Waals surface area contributed by atoms with E-state index in [0.29, 0.717) is 17.4 Å². The van der Waals surface area contributed by atoms with Crippen LogP contribution >= 0.6 is 7.82 Å². The van der Waals surface area contributed by atoms with E-state index in [1.54, 1.807) is 6.08 Å². The van der Waals surface area contributed by atoms with Crippen LogP contribution in [0.3, 0.4) is 0 Å². The molecule has 0 saturated carbocycles. The molecular formula is C44H90N2O6P+. The van der Waals surface area contributed by atoms with Crippen molar-refractivity contribution < 1.29 is 32.9 Å². The number of rotatable bonds is 41. The van der Waals surface area contributed by atoms with E-state index in [4.69, 9.17) is 9.05 Å². The number of carbonyl (C=O) groups is 1. The normalized spacial score (nSPS) is 14.5. The molecule has 0 fully saturated rings. The summed E-state index contributed by atoms with van der Waals surface area (Å²) >= 11 is 0. The molecule has 0 spiro atoms. The van der Waals surface area contributed by atoms with Gasteiger partial charge in [-0.2, -0.15) is 0 Å². The van der Waals surface area contributed by atoms with Crippen molar-refractivity contribution in [1.29, 1.82) is 0 Å². The van der Waals surface area contributed by atoms with Crippen LogP contribution in [0, 0.1) is 0 Å². The zero-order valence-corrected chi connectivity index (χ0v) is 36.7. The van der Waals surface area contributed by atoms with Crippen LogP contribution in [0.4, 0.5) is 0 Å². The molecule has 0 aromatic carbocycles. The number of phosphoric acid groups is 1. The third kappa shape index (κ3) is 39.3. The smallest absolute Gasteiger partial charge is 0.387 e. The van der Waals surface area contributed by atoms with Gasteiger partial charge in [-0.15, -0.1) is 0 Å². The third-order valence-electron chi connectivity index (χ3n) is 10.3. The Morgan fingerprint density at radius 1 is 0.623 bits per heavy atom. The van der Waals surface area contributed by atoms with Crippen LogP contribution in [-0.2, 0) is 18.4 Å². The number of quaternary nitrogens is 1. The molecule has 0 heterocycles. The Bertz CT molecular complexity index is 880. The molecule has 316 valence electrons. The van der Waals surface area contributed by atoms with E-state index < -0.39 is 20.0 Å². The van der Waals surface area contributed by atoms with Crippen molar-refractivity contribution in [2.75, 3.05) is 40.9 Å². The number of phosphoric ester groups is 1. The first-order valence-corrected chi connectivity index (χ1v) is 24.1. The second-order valence-corrected chi connectivity index (χ2v) is 18.2. The third-order valence-corrected chi connectivity index (χ3v) is 11.2. The quantitative estimate of drug-likeness (QED) is 0.0247. The largest absolute Gasteiger partial charge is 0.472 e. The molecule has 0 aliphatic rings. The zero-order chi connectivity index (χ0) is 39.3. The lowest BCUT2D eigenvalue weighted by Gasteiger charge is -2.25. The highest BCUT2D eigenvalue weighted by Gasteiger charge is 2.27. The van der Waals surface area contributed by atoms with E-state index in [2.05, 4.69) is 19.2 Å². The van der Waals surface area contributed by atoms with Crippen molar-refractivity contribution >= 4 is 13.7 Å². The molecule has 0 aromatic rings. The van der Waals surface area contributed by atoms with Crippen molar-refractivity contribution in [3.05, 3.63) is 12.2 Å². The topological polar surface area (TPSA) is 105 Å². The average Bonchev–Trinajstić information content (AvgIpc) is 3.10. The summed E-state index contributed by atoms with van der Waals surface area (Å²) in [6, 6.07) is -0.838. The predicted molar refractivity (Wildman–Crippen MR) is 226 cm³/mol. The fourth-order valence-corrected chi connectivity index (χ4v) is 7.37. The van der Waals surface area contributed by atoms with Gasteiger partial charge in [0.05, 0.1) is 39.9 Å². The molecule has 0 radical (unpaired) electrons. The molecule has 3 atom stereocenters. The highest BCUT2D eigenvalue weighted by molar-refractivity contribution is 7.47. The lowest BCUT2D eigenvalue weighted by molar-refractivity contribution is -0.870. The summed E-state index contributed by atoms with van der Waals surface area (Å²) in [4.78, 5) is 23.0. The molecule has 0 saturated heterocycles. The SMILES string of the molecule is CCCCCCCCC/C=C/[C@@H](O)[C@H](COP(=O)(O)OCC[N+](C)(C)C)NC(=O)CCCCCCCCCCCCCCCCCCCCCCCC. The van der Waals surface area contributed by atoms with Gasteiger partial charge in [0.25, 0.3) is 0 Å². The molecule has 0 rings (SSSR count). The van der Waals surface area contributed by atoms with Gasteiger partial charge in [-0.25, -0.2) is 4.57 Å². The summed E-state index contributed by atoms with van der Waals surface area (Å²) < 4.78 is 23.5. The van der Waals surface area contributed by atoms with Crippen LogP contribution < -0.4 is 5.32 Å². The molecule has 9 heteroatoms. The molecule has 0 aliphatic heterocycles. The maximum absolute atomic E-state index is 12.8. The number of carbonyl (C=O) groups excluding carboxylic acids is 1. The van der Waals surface area contributed by atoms with Crippen molar-refractivity contribution in [2.24, 2.45) is 0 Å². The predicted octanol–water partition coefficient (Wildman–Crippen LogP) is 12.4. The fraction of sp³-hybridized carbons (Fsp3) is 0.932. The number of nitrogens with zero attached hydrogens (tertiary/aromatic N) is 1. The summed E-state index contributed by atoms with van der Waals surface area (Å²) in [7, 11) is 1.58. The number of hydrogen-bond acceptors (Lipinski definition) is 5. The lowest BCUT2D eigenvalue weighted by atomic mass is 10.0. The first-order chi connectivity index (χ1) is 25.5. The number of allylic oxidation sites excluding steroid dienone is 1. The van der Waals surface area contributed by atoms with Gasteiger partial charge in [0, 0.05) is 6.42 Å². The number of hydrogen-bond donors (Lipinski definition) is 3.